The minimum Gasteiger partial charge on any atom is -0.479 e. The number of benzene rings is 2. The maximum atomic E-state index is 12.2. The first kappa shape index (κ1) is 21.8. The standard InChI is InChI=1S/C24H26N2O6/c1-31-21(23(28)29)12-25-22(27)19-10-14(19)11-26-24(30)32-13-20-17-8-4-2-6-15(17)16-7-3-5-9-18(16)20/h2-9,14,19-21H,10-13H2,1H3,(H,25,27)(H,26,30)(H,28,29)/t14-,19-,21?/m1/s1. The summed E-state index contributed by atoms with van der Waals surface area (Å²) in [5.74, 6) is -1.59. The van der Waals surface area contributed by atoms with E-state index in [0.29, 0.717) is 13.0 Å². The van der Waals surface area contributed by atoms with Crippen molar-refractivity contribution in [3.8, 4) is 11.1 Å². The van der Waals surface area contributed by atoms with Gasteiger partial charge in [-0.3, -0.25) is 4.79 Å². The molecule has 1 unspecified atom stereocenters. The molecular formula is C24H26N2O6. The van der Waals surface area contributed by atoms with Crippen LogP contribution in [0, 0.1) is 11.8 Å². The van der Waals surface area contributed by atoms with Crippen LogP contribution in [0.25, 0.3) is 11.1 Å². The molecule has 0 radical (unpaired) electrons. The van der Waals surface area contributed by atoms with Gasteiger partial charge in [-0.1, -0.05) is 48.5 Å². The van der Waals surface area contributed by atoms with Gasteiger partial charge in [0, 0.05) is 25.5 Å². The SMILES string of the molecule is COC(CNC(=O)[C@@H]1C[C@@H]1CNC(=O)OCC1c2ccccc2-c2ccccc21)C(=O)O. The van der Waals surface area contributed by atoms with Crippen LogP contribution in [0.15, 0.2) is 48.5 Å². The van der Waals surface area contributed by atoms with E-state index in [4.69, 9.17) is 14.6 Å². The summed E-state index contributed by atoms with van der Waals surface area (Å²) in [4.78, 5) is 35.3. The van der Waals surface area contributed by atoms with Crippen LogP contribution in [0.4, 0.5) is 4.79 Å². The Morgan fingerprint density at radius 3 is 2.25 bits per heavy atom. The normalized spacial score (nSPS) is 19.4. The predicted molar refractivity (Wildman–Crippen MR) is 116 cm³/mol. The first-order valence-electron chi connectivity index (χ1n) is 10.6. The number of carboxylic acid groups (broad SMARTS) is 1. The van der Waals surface area contributed by atoms with Gasteiger partial charge >= 0.3 is 12.1 Å². The van der Waals surface area contributed by atoms with Crippen molar-refractivity contribution in [2.75, 3.05) is 26.8 Å². The molecule has 3 atom stereocenters. The Morgan fingerprint density at radius 1 is 1.03 bits per heavy atom. The lowest BCUT2D eigenvalue weighted by atomic mass is 9.98. The van der Waals surface area contributed by atoms with E-state index in [0.717, 1.165) is 11.1 Å². The molecule has 2 aliphatic rings. The van der Waals surface area contributed by atoms with Crippen LogP contribution in [-0.4, -0.2) is 56.0 Å². The number of ether oxygens (including phenoxy) is 2. The van der Waals surface area contributed by atoms with Gasteiger partial charge in [0.15, 0.2) is 6.10 Å². The molecular weight excluding hydrogens is 412 g/mol. The minimum absolute atomic E-state index is 0.00410. The molecule has 3 N–H and O–H groups in total. The van der Waals surface area contributed by atoms with Gasteiger partial charge in [-0.2, -0.15) is 0 Å². The number of amides is 2. The fraction of sp³-hybridized carbons (Fsp3) is 0.375. The summed E-state index contributed by atoms with van der Waals surface area (Å²) < 4.78 is 10.3. The number of methoxy groups -OCH3 is 1. The molecule has 0 aliphatic heterocycles. The monoisotopic (exact) mass is 438 g/mol. The Balaban J connectivity index is 1.22. The Morgan fingerprint density at radius 2 is 1.66 bits per heavy atom. The molecule has 168 valence electrons. The molecule has 1 saturated carbocycles. The smallest absolute Gasteiger partial charge is 0.407 e. The Hall–Kier alpha value is -3.39. The van der Waals surface area contributed by atoms with Crippen molar-refractivity contribution in [1.82, 2.24) is 10.6 Å². The third kappa shape index (κ3) is 4.60. The van der Waals surface area contributed by atoms with Crippen molar-refractivity contribution in [3.63, 3.8) is 0 Å². The summed E-state index contributed by atoms with van der Waals surface area (Å²) in [5.41, 5.74) is 4.64. The molecule has 2 aromatic carbocycles. The molecule has 0 heterocycles. The fourth-order valence-electron chi connectivity index (χ4n) is 4.25. The summed E-state index contributed by atoms with van der Waals surface area (Å²) in [5, 5.41) is 14.3. The Kier molecular flexibility index (Phi) is 6.41. The summed E-state index contributed by atoms with van der Waals surface area (Å²) in [7, 11) is 1.28. The quantitative estimate of drug-likeness (QED) is 0.554. The number of fused-ring (bicyclic) bond motifs is 3. The van der Waals surface area contributed by atoms with E-state index in [1.807, 2.05) is 24.3 Å². The van der Waals surface area contributed by atoms with Gasteiger partial charge in [0.1, 0.15) is 6.61 Å². The lowest BCUT2D eigenvalue weighted by Gasteiger charge is -2.14. The van der Waals surface area contributed by atoms with Gasteiger partial charge in [-0.05, 0) is 34.6 Å². The highest BCUT2D eigenvalue weighted by Gasteiger charge is 2.43. The number of carbonyl (C=O) groups is 3. The van der Waals surface area contributed by atoms with Gasteiger partial charge in [-0.15, -0.1) is 0 Å². The Bertz CT molecular complexity index is 978. The summed E-state index contributed by atoms with van der Waals surface area (Å²) in [6, 6.07) is 16.3. The summed E-state index contributed by atoms with van der Waals surface area (Å²) in [6.07, 6.45) is -0.946. The third-order valence-corrected chi connectivity index (χ3v) is 6.13. The summed E-state index contributed by atoms with van der Waals surface area (Å²) >= 11 is 0. The zero-order valence-corrected chi connectivity index (χ0v) is 17.7. The van der Waals surface area contributed by atoms with Crippen LogP contribution < -0.4 is 10.6 Å². The number of aliphatic carboxylic acids is 1. The topological polar surface area (TPSA) is 114 Å². The molecule has 0 spiro atoms. The first-order valence-corrected chi connectivity index (χ1v) is 10.6. The van der Waals surface area contributed by atoms with Crippen molar-refractivity contribution >= 4 is 18.0 Å². The highest BCUT2D eigenvalue weighted by atomic mass is 16.5. The lowest BCUT2D eigenvalue weighted by molar-refractivity contribution is -0.148. The molecule has 4 rings (SSSR count). The highest BCUT2D eigenvalue weighted by molar-refractivity contribution is 5.83. The Labute approximate surface area is 185 Å². The number of carbonyl (C=O) groups excluding carboxylic acids is 2. The minimum atomic E-state index is -1.13. The van der Waals surface area contributed by atoms with Gasteiger partial charge < -0.3 is 25.2 Å². The number of hydrogen-bond acceptors (Lipinski definition) is 5. The average Bonchev–Trinajstić information content (AvgIpc) is 3.51. The van der Waals surface area contributed by atoms with Crippen LogP contribution in [0.3, 0.4) is 0 Å². The van der Waals surface area contributed by atoms with Crippen molar-refractivity contribution < 1.29 is 29.0 Å². The van der Waals surface area contributed by atoms with Crippen LogP contribution in [0.2, 0.25) is 0 Å². The van der Waals surface area contributed by atoms with E-state index in [9.17, 15) is 14.4 Å². The molecule has 1 fully saturated rings. The second kappa shape index (κ2) is 9.40. The number of alkyl carbamates (subject to hydrolysis) is 1. The number of hydrogen-bond donors (Lipinski definition) is 3. The zero-order chi connectivity index (χ0) is 22.7. The molecule has 0 bridgehead atoms. The number of rotatable bonds is 9. The molecule has 8 nitrogen and oxygen atoms in total. The lowest BCUT2D eigenvalue weighted by Crippen LogP contribution is -2.39. The van der Waals surface area contributed by atoms with E-state index in [-0.39, 0.29) is 36.8 Å². The van der Waals surface area contributed by atoms with Crippen LogP contribution in [0.1, 0.15) is 23.5 Å². The van der Waals surface area contributed by atoms with Crippen molar-refractivity contribution in [2.24, 2.45) is 11.8 Å². The van der Waals surface area contributed by atoms with E-state index >= 15 is 0 Å². The molecule has 32 heavy (non-hydrogen) atoms. The molecule has 0 aromatic heterocycles. The van der Waals surface area contributed by atoms with Crippen molar-refractivity contribution in [2.45, 2.75) is 18.4 Å². The first-order chi connectivity index (χ1) is 15.5. The molecule has 2 amide bonds. The molecule has 0 saturated heterocycles. The molecule has 2 aromatic rings. The zero-order valence-electron chi connectivity index (χ0n) is 17.7. The number of carboxylic acids is 1. The highest BCUT2D eigenvalue weighted by Crippen LogP contribution is 2.44. The van der Waals surface area contributed by atoms with Gasteiger partial charge in [-0.25, -0.2) is 9.59 Å². The van der Waals surface area contributed by atoms with Crippen molar-refractivity contribution in [1.29, 1.82) is 0 Å². The molecule has 2 aliphatic carbocycles. The van der Waals surface area contributed by atoms with Crippen LogP contribution in [-0.2, 0) is 19.1 Å². The summed E-state index contributed by atoms with van der Waals surface area (Å²) in [6.45, 7) is 0.483. The second-order valence-electron chi connectivity index (χ2n) is 8.12. The van der Waals surface area contributed by atoms with E-state index in [1.54, 1.807) is 0 Å². The third-order valence-electron chi connectivity index (χ3n) is 6.13. The van der Waals surface area contributed by atoms with Crippen molar-refractivity contribution in [3.05, 3.63) is 59.7 Å². The average molecular weight is 438 g/mol. The number of nitrogens with one attached hydrogen (secondary N) is 2. The van der Waals surface area contributed by atoms with E-state index in [2.05, 4.69) is 34.9 Å². The maximum Gasteiger partial charge on any atom is 0.407 e. The molecule has 8 heteroatoms. The van der Waals surface area contributed by atoms with Gasteiger partial charge in [0.05, 0.1) is 6.54 Å². The second-order valence-corrected chi connectivity index (χ2v) is 8.12. The van der Waals surface area contributed by atoms with Gasteiger partial charge in [0.2, 0.25) is 5.91 Å². The maximum absolute atomic E-state index is 12.2. The van der Waals surface area contributed by atoms with Gasteiger partial charge in [0.25, 0.3) is 0 Å². The largest absolute Gasteiger partial charge is 0.479 e. The fourth-order valence-corrected chi connectivity index (χ4v) is 4.25. The van der Waals surface area contributed by atoms with E-state index < -0.39 is 18.2 Å². The van der Waals surface area contributed by atoms with E-state index in [1.165, 1.54) is 18.2 Å². The van der Waals surface area contributed by atoms with Crippen LogP contribution in [0.5, 0.6) is 0 Å². The predicted octanol–water partition coefficient (Wildman–Crippen LogP) is 2.38. The van der Waals surface area contributed by atoms with Crippen LogP contribution >= 0.6 is 0 Å².